The second kappa shape index (κ2) is 4.00. The summed E-state index contributed by atoms with van der Waals surface area (Å²) in [4.78, 5) is 39.1. The monoisotopic (exact) mass is 237 g/mol. The summed E-state index contributed by atoms with van der Waals surface area (Å²) in [6.45, 7) is 0.0853. The highest BCUT2D eigenvalue weighted by Gasteiger charge is 2.50. The van der Waals surface area contributed by atoms with E-state index in [1.807, 2.05) is 0 Å². The number of carboxylic acid groups (broad SMARTS) is 1. The molecule has 1 saturated carbocycles. The van der Waals surface area contributed by atoms with Gasteiger partial charge >= 0.3 is 5.97 Å². The summed E-state index contributed by atoms with van der Waals surface area (Å²) < 4.78 is 0. The number of H-pyrrole nitrogens is 1. The molecule has 1 fully saturated rings. The van der Waals surface area contributed by atoms with Crippen molar-refractivity contribution in [1.29, 1.82) is 0 Å². The first kappa shape index (κ1) is 11.3. The smallest absolute Gasteiger partial charge is 0.311 e. The number of carbonyl (C=O) groups excluding carboxylic acids is 1. The number of hydrogen-bond donors (Lipinski definition) is 3. The molecule has 1 aliphatic rings. The second-order valence-corrected chi connectivity index (χ2v) is 4.06. The molecule has 1 heterocycles. The van der Waals surface area contributed by atoms with Crippen LogP contribution in [0.5, 0.6) is 0 Å². The Morgan fingerprint density at radius 2 is 2.24 bits per heavy atom. The third-order valence-corrected chi connectivity index (χ3v) is 2.80. The predicted molar refractivity (Wildman–Crippen MR) is 56.5 cm³/mol. The normalized spacial score (nSPS) is 16.2. The lowest BCUT2D eigenvalue weighted by molar-refractivity contribution is -0.143. The zero-order valence-electron chi connectivity index (χ0n) is 8.90. The van der Waals surface area contributed by atoms with Crippen LogP contribution in [-0.2, 0) is 4.79 Å². The largest absolute Gasteiger partial charge is 0.481 e. The van der Waals surface area contributed by atoms with Crippen LogP contribution in [-0.4, -0.2) is 33.5 Å². The molecular formula is C10H11N3O4. The number of rotatable bonds is 4. The summed E-state index contributed by atoms with van der Waals surface area (Å²) in [5.74, 6) is -1.39. The zero-order chi connectivity index (χ0) is 12.5. The van der Waals surface area contributed by atoms with E-state index in [1.165, 1.54) is 6.20 Å². The van der Waals surface area contributed by atoms with Gasteiger partial charge in [0.05, 0.1) is 11.6 Å². The minimum atomic E-state index is -0.896. The van der Waals surface area contributed by atoms with Crippen molar-refractivity contribution in [2.75, 3.05) is 6.54 Å². The summed E-state index contributed by atoms with van der Waals surface area (Å²) in [6.07, 6.45) is 3.33. The van der Waals surface area contributed by atoms with Gasteiger partial charge in [-0.3, -0.25) is 14.4 Å². The molecule has 7 nitrogen and oxygen atoms in total. The lowest BCUT2D eigenvalue weighted by Crippen LogP contribution is -2.34. The standard InChI is InChI=1S/C10H11N3O4/c14-7-4-11-6(3-12-7)8(15)13-5-10(1-2-10)9(16)17/h3-4H,1-2,5H2,(H,12,14)(H,13,15)(H,16,17). The van der Waals surface area contributed by atoms with Gasteiger partial charge in [-0.15, -0.1) is 0 Å². The van der Waals surface area contributed by atoms with Gasteiger partial charge in [0.2, 0.25) is 0 Å². The lowest BCUT2D eigenvalue weighted by Gasteiger charge is -2.10. The Kier molecular flexibility index (Phi) is 2.66. The van der Waals surface area contributed by atoms with Crippen molar-refractivity contribution in [3.8, 4) is 0 Å². The van der Waals surface area contributed by atoms with Crippen LogP contribution in [0, 0.1) is 5.41 Å². The van der Waals surface area contributed by atoms with E-state index >= 15 is 0 Å². The Bertz CT molecular complexity index is 498. The molecule has 3 N–H and O–H groups in total. The molecule has 17 heavy (non-hydrogen) atoms. The molecule has 0 saturated heterocycles. The van der Waals surface area contributed by atoms with E-state index in [-0.39, 0.29) is 12.2 Å². The Hall–Kier alpha value is -2.18. The van der Waals surface area contributed by atoms with Crippen LogP contribution < -0.4 is 10.9 Å². The molecule has 0 aromatic carbocycles. The third kappa shape index (κ3) is 2.32. The van der Waals surface area contributed by atoms with Crippen molar-refractivity contribution in [1.82, 2.24) is 15.3 Å². The van der Waals surface area contributed by atoms with Gasteiger partial charge in [-0.1, -0.05) is 0 Å². The third-order valence-electron chi connectivity index (χ3n) is 2.80. The van der Waals surface area contributed by atoms with Crippen LogP contribution in [0.15, 0.2) is 17.2 Å². The van der Waals surface area contributed by atoms with Crippen LogP contribution in [0.2, 0.25) is 0 Å². The number of aromatic nitrogens is 2. The number of carboxylic acids is 1. The molecule has 90 valence electrons. The number of aliphatic carboxylic acids is 1. The molecule has 1 aromatic heterocycles. The minimum Gasteiger partial charge on any atom is -0.481 e. The summed E-state index contributed by atoms with van der Waals surface area (Å²) in [5, 5.41) is 11.4. The molecular weight excluding hydrogens is 226 g/mol. The molecule has 1 amide bonds. The van der Waals surface area contributed by atoms with Crippen molar-refractivity contribution >= 4 is 11.9 Å². The molecule has 0 aliphatic heterocycles. The Labute approximate surface area is 95.9 Å². The molecule has 7 heteroatoms. The molecule has 1 aliphatic carbocycles. The van der Waals surface area contributed by atoms with Gasteiger partial charge in [0.15, 0.2) is 0 Å². The maximum Gasteiger partial charge on any atom is 0.311 e. The topological polar surface area (TPSA) is 112 Å². The fourth-order valence-corrected chi connectivity index (χ4v) is 1.42. The van der Waals surface area contributed by atoms with Crippen molar-refractivity contribution in [3.63, 3.8) is 0 Å². The number of carbonyl (C=O) groups is 2. The van der Waals surface area contributed by atoms with E-state index in [4.69, 9.17) is 5.11 Å². The van der Waals surface area contributed by atoms with Crippen LogP contribution in [0.4, 0.5) is 0 Å². The highest BCUT2D eigenvalue weighted by atomic mass is 16.4. The van der Waals surface area contributed by atoms with E-state index in [9.17, 15) is 14.4 Å². The quantitative estimate of drug-likeness (QED) is 0.645. The molecule has 1 aromatic rings. The highest BCUT2D eigenvalue weighted by Crippen LogP contribution is 2.45. The van der Waals surface area contributed by atoms with Gasteiger partial charge in [-0.2, -0.15) is 0 Å². The molecule has 0 bridgehead atoms. The number of aromatic amines is 1. The first-order chi connectivity index (χ1) is 8.03. The fourth-order valence-electron chi connectivity index (χ4n) is 1.42. The van der Waals surface area contributed by atoms with E-state index in [1.54, 1.807) is 0 Å². The summed E-state index contributed by atoms with van der Waals surface area (Å²) in [5.41, 5.74) is -1.14. The summed E-state index contributed by atoms with van der Waals surface area (Å²) in [7, 11) is 0. The molecule has 0 atom stereocenters. The molecule has 2 rings (SSSR count). The Morgan fingerprint density at radius 3 is 2.71 bits per heavy atom. The van der Waals surface area contributed by atoms with E-state index in [0.717, 1.165) is 6.20 Å². The van der Waals surface area contributed by atoms with Crippen LogP contribution in [0.25, 0.3) is 0 Å². The molecule has 0 spiro atoms. The van der Waals surface area contributed by atoms with Crippen molar-refractivity contribution in [2.45, 2.75) is 12.8 Å². The summed E-state index contributed by atoms with van der Waals surface area (Å²) >= 11 is 0. The maximum absolute atomic E-state index is 11.6. The average Bonchev–Trinajstić information content (AvgIpc) is 3.08. The van der Waals surface area contributed by atoms with Crippen LogP contribution in [0.1, 0.15) is 23.3 Å². The van der Waals surface area contributed by atoms with E-state index in [2.05, 4.69) is 15.3 Å². The van der Waals surface area contributed by atoms with Crippen molar-refractivity contribution in [3.05, 3.63) is 28.4 Å². The first-order valence-corrected chi connectivity index (χ1v) is 5.10. The highest BCUT2D eigenvalue weighted by molar-refractivity contribution is 5.92. The van der Waals surface area contributed by atoms with Gasteiger partial charge in [0, 0.05) is 12.7 Å². The van der Waals surface area contributed by atoms with E-state index in [0.29, 0.717) is 12.8 Å². The van der Waals surface area contributed by atoms with Gasteiger partial charge < -0.3 is 15.4 Å². The minimum absolute atomic E-state index is 0.0609. The number of nitrogens with one attached hydrogen (secondary N) is 2. The second-order valence-electron chi connectivity index (χ2n) is 4.06. The maximum atomic E-state index is 11.6. The van der Waals surface area contributed by atoms with Gasteiger partial charge in [-0.05, 0) is 12.8 Å². The fraction of sp³-hybridized carbons (Fsp3) is 0.400. The number of nitrogens with zero attached hydrogens (tertiary/aromatic N) is 1. The lowest BCUT2D eigenvalue weighted by atomic mass is 10.1. The number of hydrogen-bond acceptors (Lipinski definition) is 4. The van der Waals surface area contributed by atoms with Crippen LogP contribution >= 0.6 is 0 Å². The van der Waals surface area contributed by atoms with Crippen LogP contribution in [0.3, 0.4) is 0 Å². The molecule has 0 unspecified atom stereocenters. The van der Waals surface area contributed by atoms with Crippen molar-refractivity contribution < 1.29 is 14.7 Å². The van der Waals surface area contributed by atoms with Crippen molar-refractivity contribution in [2.24, 2.45) is 5.41 Å². The summed E-state index contributed by atoms with van der Waals surface area (Å²) in [6, 6.07) is 0. The van der Waals surface area contributed by atoms with Gasteiger partial charge in [0.1, 0.15) is 5.69 Å². The zero-order valence-corrected chi connectivity index (χ0v) is 8.90. The predicted octanol–water partition coefficient (Wildman–Crippen LogP) is -0.636. The SMILES string of the molecule is O=C(NCC1(C(=O)O)CC1)c1c[nH]c(=O)cn1. The number of amides is 1. The Morgan fingerprint density at radius 1 is 1.53 bits per heavy atom. The average molecular weight is 237 g/mol. The van der Waals surface area contributed by atoms with Gasteiger partial charge in [-0.25, -0.2) is 4.98 Å². The van der Waals surface area contributed by atoms with Gasteiger partial charge in [0.25, 0.3) is 11.5 Å². The molecule has 0 radical (unpaired) electrons. The Balaban J connectivity index is 1.96. The first-order valence-electron chi connectivity index (χ1n) is 5.10. The van der Waals surface area contributed by atoms with E-state index < -0.39 is 22.9 Å².